The minimum Gasteiger partial charge on any atom is -0.444 e. The zero-order valence-electron chi connectivity index (χ0n) is 19.0. The molecule has 0 spiro atoms. The minimum atomic E-state index is -0.485. The Bertz CT molecular complexity index is 366. The topological polar surface area (TPSA) is 112 Å². The van der Waals surface area contributed by atoms with E-state index in [2.05, 4.69) is 10.2 Å². The highest BCUT2D eigenvalue weighted by Crippen LogP contribution is 2.06. The molecule has 0 aliphatic carbocycles. The average molecular weight is 419 g/mol. The van der Waals surface area contributed by atoms with E-state index in [1.54, 1.807) is 0 Å². The van der Waals surface area contributed by atoms with Crippen LogP contribution in [0, 0.1) is 0 Å². The Hall–Kier alpha value is -0.930. The van der Waals surface area contributed by atoms with Gasteiger partial charge in [-0.05, 0) is 72.6 Å². The summed E-state index contributed by atoms with van der Waals surface area (Å²) in [5, 5.41) is 2.66. The summed E-state index contributed by atoms with van der Waals surface area (Å²) in [6.45, 7) is 12.8. The molecule has 0 unspecified atom stereocenters. The van der Waals surface area contributed by atoms with Gasteiger partial charge in [-0.25, -0.2) is 4.79 Å². The number of unbranched alkanes of at least 4 members (excludes halogenated alkanes) is 4. The maximum atomic E-state index is 11.5. The Balaban J connectivity index is 3.69. The van der Waals surface area contributed by atoms with Crippen LogP contribution >= 0.6 is 0 Å². The van der Waals surface area contributed by atoms with Crippen molar-refractivity contribution in [3.8, 4) is 0 Å². The van der Waals surface area contributed by atoms with Crippen molar-refractivity contribution in [2.45, 2.75) is 64.9 Å². The van der Waals surface area contributed by atoms with Crippen LogP contribution in [0.5, 0.6) is 0 Å². The molecule has 0 saturated heterocycles. The maximum absolute atomic E-state index is 11.5. The molecule has 0 rings (SSSR count). The number of amides is 1. The first kappa shape index (κ1) is 28.1. The molecule has 5 N–H and O–H groups in total. The Labute approximate surface area is 178 Å². The molecule has 0 atom stereocenters. The number of alkyl carbamates (subject to hydrolysis) is 1. The van der Waals surface area contributed by atoms with E-state index >= 15 is 0 Å². The Morgan fingerprint density at radius 2 is 1.34 bits per heavy atom. The van der Waals surface area contributed by atoms with Crippen molar-refractivity contribution < 1.29 is 19.0 Å². The highest BCUT2D eigenvalue weighted by Gasteiger charge is 2.15. The van der Waals surface area contributed by atoms with Crippen LogP contribution in [0.25, 0.3) is 0 Å². The summed E-state index contributed by atoms with van der Waals surface area (Å²) >= 11 is 0. The molecule has 0 aliphatic heterocycles. The van der Waals surface area contributed by atoms with Crippen molar-refractivity contribution in [2.75, 3.05) is 65.7 Å². The van der Waals surface area contributed by atoms with E-state index in [4.69, 9.17) is 25.7 Å². The Morgan fingerprint density at radius 3 is 1.86 bits per heavy atom. The maximum Gasteiger partial charge on any atom is 0.407 e. The smallest absolute Gasteiger partial charge is 0.407 e. The van der Waals surface area contributed by atoms with Gasteiger partial charge in [0.1, 0.15) is 5.60 Å². The molecule has 0 saturated carbocycles. The summed E-state index contributed by atoms with van der Waals surface area (Å²) in [6.07, 6.45) is 6.50. The number of hydrogen-bond donors (Lipinski definition) is 3. The lowest BCUT2D eigenvalue weighted by Crippen LogP contribution is -2.34. The van der Waals surface area contributed by atoms with Gasteiger partial charge in [-0.15, -0.1) is 0 Å². The van der Waals surface area contributed by atoms with E-state index in [0.717, 1.165) is 45.6 Å². The fourth-order valence-electron chi connectivity index (χ4n) is 2.70. The quantitative estimate of drug-likeness (QED) is 0.275. The van der Waals surface area contributed by atoms with E-state index in [0.29, 0.717) is 33.0 Å². The number of hydrogen-bond acceptors (Lipinski definition) is 7. The van der Waals surface area contributed by atoms with E-state index in [1.165, 1.54) is 25.7 Å². The molecule has 0 aliphatic rings. The summed E-state index contributed by atoms with van der Waals surface area (Å²) in [7, 11) is 0. The predicted molar refractivity (Wildman–Crippen MR) is 118 cm³/mol. The number of nitrogens with two attached hydrogens (primary N) is 2. The molecule has 0 radical (unpaired) electrons. The zero-order valence-corrected chi connectivity index (χ0v) is 19.0. The molecule has 8 heteroatoms. The number of rotatable bonds is 19. The molecule has 8 nitrogen and oxygen atoms in total. The molecule has 0 fully saturated rings. The number of nitrogens with one attached hydrogen (secondary N) is 1. The molecule has 0 aromatic rings. The van der Waals surface area contributed by atoms with Crippen molar-refractivity contribution in [2.24, 2.45) is 11.5 Å². The lowest BCUT2D eigenvalue weighted by atomic mass is 10.2. The van der Waals surface area contributed by atoms with Crippen LogP contribution in [0.2, 0.25) is 0 Å². The standard InChI is InChI=1S/C21H46N4O4/c1-21(2,3)29-20(26)24-12-16-27-18-19-28-17-15-25(13-8-4-6-10-22)14-9-5-7-11-23/h4-19,22-23H2,1-3H3,(H,24,26). The molecule has 29 heavy (non-hydrogen) atoms. The lowest BCUT2D eigenvalue weighted by Gasteiger charge is -2.22. The van der Waals surface area contributed by atoms with Gasteiger partial charge in [0, 0.05) is 13.1 Å². The highest BCUT2D eigenvalue weighted by atomic mass is 16.6. The number of ether oxygens (including phenoxy) is 3. The molecule has 1 amide bonds. The van der Waals surface area contributed by atoms with Gasteiger partial charge in [0.05, 0.1) is 26.4 Å². The van der Waals surface area contributed by atoms with Gasteiger partial charge >= 0.3 is 6.09 Å². The third kappa shape index (κ3) is 21.6. The summed E-state index contributed by atoms with van der Waals surface area (Å²) < 4.78 is 16.3. The normalized spacial score (nSPS) is 11.8. The van der Waals surface area contributed by atoms with Crippen LogP contribution in [0.1, 0.15) is 59.3 Å². The SMILES string of the molecule is CC(C)(C)OC(=O)NCCOCCOCCN(CCCCCN)CCCCCN. The van der Waals surface area contributed by atoms with E-state index in [1.807, 2.05) is 20.8 Å². The van der Waals surface area contributed by atoms with Gasteiger partial charge in [-0.1, -0.05) is 12.8 Å². The summed E-state index contributed by atoms with van der Waals surface area (Å²) in [5.41, 5.74) is 10.7. The summed E-state index contributed by atoms with van der Waals surface area (Å²) in [5.74, 6) is 0. The van der Waals surface area contributed by atoms with E-state index < -0.39 is 11.7 Å². The van der Waals surface area contributed by atoms with E-state index in [9.17, 15) is 4.79 Å². The molecule has 0 aromatic heterocycles. The lowest BCUT2D eigenvalue weighted by molar-refractivity contribution is 0.0342. The second-order valence-corrected chi connectivity index (χ2v) is 8.19. The van der Waals surface area contributed by atoms with Crippen LogP contribution in [0.4, 0.5) is 4.79 Å². The van der Waals surface area contributed by atoms with Crippen molar-refractivity contribution in [3.63, 3.8) is 0 Å². The van der Waals surface area contributed by atoms with Crippen molar-refractivity contribution >= 4 is 6.09 Å². The second kappa shape index (κ2) is 19.1. The molecular formula is C21H46N4O4. The molecule has 0 aromatic carbocycles. The van der Waals surface area contributed by atoms with Gasteiger partial charge < -0.3 is 35.9 Å². The molecule has 0 heterocycles. The largest absolute Gasteiger partial charge is 0.444 e. The van der Waals surface area contributed by atoms with Crippen molar-refractivity contribution in [1.82, 2.24) is 10.2 Å². The molecule has 0 bridgehead atoms. The number of nitrogens with zero attached hydrogens (tertiary/aromatic N) is 1. The van der Waals surface area contributed by atoms with Gasteiger partial charge in [0.15, 0.2) is 0 Å². The molecule has 174 valence electrons. The first-order valence-corrected chi connectivity index (χ1v) is 11.1. The van der Waals surface area contributed by atoms with Crippen LogP contribution in [0.3, 0.4) is 0 Å². The van der Waals surface area contributed by atoms with Crippen LogP contribution < -0.4 is 16.8 Å². The Kier molecular flexibility index (Phi) is 18.4. The zero-order chi connectivity index (χ0) is 21.8. The minimum absolute atomic E-state index is 0.421. The predicted octanol–water partition coefficient (Wildman–Crippen LogP) is 2.10. The fraction of sp³-hybridized carbons (Fsp3) is 0.952. The van der Waals surface area contributed by atoms with Gasteiger partial charge in [0.25, 0.3) is 0 Å². The van der Waals surface area contributed by atoms with Crippen molar-refractivity contribution in [1.29, 1.82) is 0 Å². The van der Waals surface area contributed by atoms with Crippen LogP contribution in [-0.2, 0) is 14.2 Å². The summed E-state index contributed by atoms with van der Waals surface area (Å²) in [4.78, 5) is 14.0. The third-order valence-corrected chi connectivity index (χ3v) is 4.20. The van der Waals surface area contributed by atoms with Crippen LogP contribution in [-0.4, -0.2) is 82.3 Å². The monoisotopic (exact) mass is 418 g/mol. The summed E-state index contributed by atoms with van der Waals surface area (Å²) in [6, 6.07) is 0. The van der Waals surface area contributed by atoms with Crippen molar-refractivity contribution in [3.05, 3.63) is 0 Å². The Morgan fingerprint density at radius 1 is 0.793 bits per heavy atom. The number of carbonyl (C=O) groups excluding carboxylic acids is 1. The van der Waals surface area contributed by atoms with E-state index in [-0.39, 0.29) is 0 Å². The second-order valence-electron chi connectivity index (χ2n) is 8.19. The number of carbonyl (C=O) groups is 1. The fourth-order valence-corrected chi connectivity index (χ4v) is 2.70. The van der Waals surface area contributed by atoms with Gasteiger partial charge in [-0.2, -0.15) is 0 Å². The van der Waals surface area contributed by atoms with Gasteiger partial charge in [0.2, 0.25) is 0 Å². The first-order chi connectivity index (χ1) is 13.9. The molecular weight excluding hydrogens is 372 g/mol. The van der Waals surface area contributed by atoms with Crippen LogP contribution in [0.15, 0.2) is 0 Å². The first-order valence-electron chi connectivity index (χ1n) is 11.1. The highest BCUT2D eigenvalue weighted by molar-refractivity contribution is 5.67. The average Bonchev–Trinajstić information content (AvgIpc) is 2.65. The van der Waals surface area contributed by atoms with Gasteiger partial charge in [-0.3, -0.25) is 0 Å². The third-order valence-electron chi connectivity index (χ3n) is 4.20.